The van der Waals surface area contributed by atoms with Crippen LogP contribution in [0.5, 0.6) is 0 Å². The highest BCUT2D eigenvalue weighted by Crippen LogP contribution is 2.25. The summed E-state index contributed by atoms with van der Waals surface area (Å²) >= 11 is 1.37. The van der Waals surface area contributed by atoms with Crippen LogP contribution >= 0.6 is 11.3 Å². The average molecular weight is 366 g/mol. The Morgan fingerprint density at radius 2 is 1.85 bits per heavy atom. The number of nitrogens with one attached hydrogen (secondary N) is 1. The lowest BCUT2D eigenvalue weighted by molar-refractivity contribution is 0.103. The van der Waals surface area contributed by atoms with Gasteiger partial charge >= 0.3 is 0 Å². The monoisotopic (exact) mass is 366 g/mol. The summed E-state index contributed by atoms with van der Waals surface area (Å²) in [4.78, 5) is 23.9. The molecule has 1 fully saturated rings. The number of morpholine rings is 1. The van der Waals surface area contributed by atoms with Crippen molar-refractivity contribution in [2.45, 2.75) is 0 Å². The molecule has 132 valence electrons. The molecule has 7 heteroatoms. The predicted octanol–water partition coefficient (Wildman–Crippen LogP) is 3.29. The molecular formula is C19H18N4O2S. The van der Waals surface area contributed by atoms with Crippen molar-refractivity contribution in [1.82, 2.24) is 9.97 Å². The third-order valence-electron chi connectivity index (χ3n) is 4.12. The quantitative estimate of drug-likeness (QED) is 0.767. The maximum Gasteiger partial charge on any atom is 0.268 e. The molecule has 1 amide bonds. The van der Waals surface area contributed by atoms with Gasteiger partial charge in [-0.25, -0.2) is 9.97 Å². The molecule has 1 aliphatic rings. The maximum absolute atomic E-state index is 12.4. The predicted molar refractivity (Wildman–Crippen MR) is 103 cm³/mol. The summed E-state index contributed by atoms with van der Waals surface area (Å²) in [5.41, 5.74) is 2.04. The summed E-state index contributed by atoms with van der Waals surface area (Å²) in [6.45, 7) is 3.17. The van der Waals surface area contributed by atoms with Gasteiger partial charge in [0.1, 0.15) is 15.7 Å². The number of pyridine rings is 1. The fourth-order valence-corrected chi connectivity index (χ4v) is 3.56. The molecule has 6 nitrogen and oxygen atoms in total. The first-order chi connectivity index (χ1) is 12.8. The van der Waals surface area contributed by atoms with Gasteiger partial charge in [0, 0.05) is 18.7 Å². The normalized spacial score (nSPS) is 14.2. The SMILES string of the molecule is O=C(Nc1ccc(N2CCOCC2)cn1)c1cnc(-c2ccccc2)s1. The number of benzene rings is 1. The minimum Gasteiger partial charge on any atom is -0.378 e. The summed E-state index contributed by atoms with van der Waals surface area (Å²) < 4.78 is 5.36. The molecule has 1 saturated heterocycles. The lowest BCUT2D eigenvalue weighted by Crippen LogP contribution is -2.36. The van der Waals surface area contributed by atoms with E-state index >= 15 is 0 Å². The molecule has 0 spiro atoms. The number of aromatic nitrogens is 2. The Kier molecular flexibility index (Phi) is 4.90. The van der Waals surface area contributed by atoms with Gasteiger partial charge in [-0.2, -0.15) is 0 Å². The zero-order valence-electron chi connectivity index (χ0n) is 14.1. The maximum atomic E-state index is 12.4. The number of thiazole rings is 1. The molecule has 0 aliphatic carbocycles. The van der Waals surface area contributed by atoms with E-state index in [0.717, 1.165) is 42.6 Å². The number of nitrogens with zero attached hydrogens (tertiary/aromatic N) is 3. The van der Waals surface area contributed by atoms with E-state index < -0.39 is 0 Å². The molecule has 3 heterocycles. The second-order valence-corrected chi connectivity index (χ2v) is 6.88. The Hall–Kier alpha value is -2.77. The van der Waals surface area contributed by atoms with Gasteiger partial charge in [-0.3, -0.25) is 4.79 Å². The number of hydrogen-bond acceptors (Lipinski definition) is 6. The lowest BCUT2D eigenvalue weighted by atomic mass is 10.2. The van der Waals surface area contributed by atoms with Gasteiger partial charge < -0.3 is 15.0 Å². The highest BCUT2D eigenvalue weighted by molar-refractivity contribution is 7.17. The number of rotatable bonds is 4. The van der Waals surface area contributed by atoms with Crippen molar-refractivity contribution in [2.24, 2.45) is 0 Å². The van der Waals surface area contributed by atoms with Gasteiger partial charge in [0.2, 0.25) is 0 Å². The van der Waals surface area contributed by atoms with Crippen LogP contribution in [0.2, 0.25) is 0 Å². The van der Waals surface area contributed by atoms with Gasteiger partial charge in [-0.1, -0.05) is 30.3 Å². The second kappa shape index (κ2) is 7.63. The Morgan fingerprint density at radius 3 is 2.58 bits per heavy atom. The fourth-order valence-electron chi connectivity index (χ4n) is 2.74. The number of ether oxygens (including phenoxy) is 1. The van der Waals surface area contributed by atoms with Gasteiger partial charge in [0.05, 0.1) is 31.3 Å². The van der Waals surface area contributed by atoms with Crippen LogP contribution < -0.4 is 10.2 Å². The van der Waals surface area contributed by atoms with Crippen molar-refractivity contribution >= 4 is 28.7 Å². The molecule has 1 N–H and O–H groups in total. The van der Waals surface area contributed by atoms with Crippen LogP contribution in [0.4, 0.5) is 11.5 Å². The molecule has 0 saturated carbocycles. The van der Waals surface area contributed by atoms with Crippen LogP contribution in [-0.4, -0.2) is 42.2 Å². The zero-order chi connectivity index (χ0) is 17.8. The van der Waals surface area contributed by atoms with E-state index in [9.17, 15) is 4.79 Å². The number of amides is 1. The van der Waals surface area contributed by atoms with Gasteiger partial charge in [0.25, 0.3) is 5.91 Å². The van der Waals surface area contributed by atoms with Crippen molar-refractivity contribution in [1.29, 1.82) is 0 Å². The minimum atomic E-state index is -0.198. The molecule has 0 bridgehead atoms. The summed E-state index contributed by atoms with van der Waals surface area (Å²) in [7, 11) is 0. The van der Waals surface area contributed by atoms with Crippen LogP contribution in [-0.2, 0) is 4.74 Å². The molecular weight excluding hydrogens is 348 g/mol. The first-order valence-corrected chi connectivity index (χ1v) is 9.22. The molecule has 1 aromatic carbocycles. The average Bonchev–Trinajstić information content (AvgIpc) is 3.20. The summed E-state index contributed by atoms with van der Waals surface area (Å²) in [5.74, 6) is 0.331. The second-order valence-electron chi connectivity index (χ2n) is 5.85. The number of hydrogen-bond donors (Lipinski definition) is 1. The Labute approximate surface area is 155 Å². The summed E-state index contributed by atoms with van der Waals surface area (Å²) in [6, 6.07) is 13.6. The zero-order valence-corrected chi connectivity index (χ0v) is 14.9. The van der Waals surface area contributed by atoms with Crippen LogP contribution in [0.3, 0.4) is 0 Å². The molecule has 4 rings (SSSR count). The molecule has 26 heavy (non-hydrogen) atoms. The molecule has 2 aromatic heterocycles. The van der Waals surface area contributed by atoms with Crippen molar-refractivity contribution < 1.29 is 9.53 Å². The standard InChI is InChI=1S/C19H18N4O2S/c24-18(16-13-21-19(26-16)14-4-2-1-3-5-14)22-17-7-6-15(12-20-17)23-8-10-25-11-9-23/h1-7,12-13H,8-11H2,(H,20,22,24). The van der Waals surface area contributed by atoms with E-state index in [1.54, 1.807) is 12.4 Å². The van der Waals surface area contributed by atoms with Crippen LogP contribution in [0, 0.1) is 0 Å². The Bertz CT molecular complexity index is 874. The highest BCUT2D eigenvalue weighted by Gasteiger charge is 2.14. The van der Waals surface area contributed by atoms with Crippen molar-refractivity contribution in [3.63, 3.8) is 0 Å². The third-order valence-corrected chi connectivity index (χ3v) is 5.16. The molecule has 0 radical (unpaired) electrons. The molecule has 0 atom stereocenters. The van der Waals surface area contributed by atoms with Crippen molar-refractivity contribution in [3.05, 3.63) is 59.7 Å². The van der Waals surface area contributed by atoms with Gasteiger partial charge in [-0.05, 0) is 12.1 Å². The van der Waals surface area contributed by atoms with E-state index in [1.807, 2.05) is 42.5 Å². The van der Waals surface area contributed by atoms with Crippen molar-refractivity contribution in [3.8, 4) is 10.6 Å². The van der Waals surface area contributed by atoms with Crippen LogP contribution in [0.25, 0.3) is 10.6 Å². The number of carbonyl (C=O) groups is 1. The smallest absolute Gasteiger partial charge is 0.268 e. The van der Waals surface area contributed by atoms with Gasteiger partial charge in [0.15, 0.2) is 0 Å². The minimum absolute atomic E-state index is 0.198. The molecule has 1 aliphatic heterocycles. The fraction of sp³-hybridized carbons (Fsp3) is 0.211. The molecule has 0 unspecified atom stereocenters. The third kappa shape index (κ3) is 3.74. The highest BCUT2D eigenvalue weighted by atomic mass is 32.1. The first-order valence-electron chi connectivity index (χ1n) is 8.41. The molecule has 3 aromatic rings. The largest absolute Gasteiger partial charge is 0.378 e. The van der Waals surface area contributed by atoms with E-state index in [1.165, 1.54) is 11.3 Å². The summed E-state index contributed by atoms with van der Waals surface area (Å²) in [5, 5.41) is 3.66. The van der Waals surface area contributed by atoms with E-state index in [-0.39, 0.29) is 5.91 Å². The van der Waals surface area contributed by atoms with Gasteiger partial charge in [-0.15, -0.1) is 11.3 Å². The van der Waals surface area contributed by atoms with E-state index in [0.29, 0.717) is 10.7 Å². The lowest BCUT2D eigenvalue weighted by Gasteiger charge is -2.28. The van der Waals surface area contributed by atoms with Crippen LogP contribution in [0.15, 0.2) is 54.9 Å². The summed E-state index contributed by atoms with van der Waals surface area (Å²) in [6.07, 6.45) is 3.38. The topological polar surface area (TPSA) is 67.4 Å². The Balaban J connectivity index is 1.42. The number of carbonyl (C=O) groups excluding carboxylic acids is 1. The number of anilines is 2. The van der Waals surface area contributed by atoms with Crippen molar-refractivity contribution in [2.75, 3.05) is 36.5 Å². The first kappa shape index (κ1) is 16.7. The van der Waals surface area contributed by atoms with E-state index in [2.05, 4.69) is 20.2 Å². The van der Waals surface area contributed by atoms with Crippen LogP contribution in [0.1, 0.15) is 9.67 Å². The van der Waals surface area contributed by atoms with E-state index in [4.69, 9.17) is 4.74 Å². The Morgan fingerprint density at radius 1 is 1.04 bits per heavy atom.